The predicted octanol–water partition coefficient (Wildman–Crippen LogP) is 2.50. The molecule has 0 saturated carbocycles. The number of hydrogen-bond acceptors (Lipinski definition) is 1. The van der Waals surface area contributed by atoms with Gasteiger partial charge in [-0.1, -0.05) is 0 Å². The van der Waals surface area contributed by atoms with Crippen LogP contribution in [-0.4, -0.2) is 9.38 Å². The Morgan fingerprint density at radius 3 is 2.85 bits per heavy atom. The lowest BCUT2D eigenvalue weighted by atomic mass is 10.3. The van der Waals surface area contributed by atoms with Crippen LogP contribution in [0.2, 0.25) is 0 Å². The molecule has 13 heavy (non-hydrogen) atoms. The molecular formula is C10H9N3. The second kappa shape index (κ2) is 2.60. The number of rotatable bonds is 0. The van der Waals surface area contributed by atoms with Crippen LogP contribution in [0.3, 0.4) is 0 Å². The SMILES string of the molecule is [C-]#[N+]c1cc(C)c2nc(C)cn2c1. The first-order valence-corrected chi connectivity index (χ1v) is 4.04. The summed E-state index contributed by atoms with van der Waals surface area (Å²) in [6, 6.07) is 1.86. The number of nitrogens with zero attached hydrogens (tertiary/aromatic N) is 3. The third kappa shape index (κ3) is 1.17. The molecule has 0 spiro atoms. The lowest BCUT2D eigenvalue weighted by molar-refractivity contribution is 1.17. The second-order valence-corrected chi connectivity index (χ2v) is 3.11. The van der Waals surface area contributed by atoms with Crippen molar-refractivity contribution in [1.82, 2.24) is 9.38 Å². The van der Waals surface area contributed by atoms with Gasteiger partial charge in [0.15, 0.2) is 0 Å². The molecule has 3 heteroatoms. The van der Waals surface area contributed by atoms with E-state index in [0.29, 0.717) is 5.69 Å². The van der Waals surface area contributed by atoms with Gasteiger partial charge in [0.1, 0.15) is 5.65 Å². The summed E-state index contributed by atoms with van der Waals surface area (Å²) in [5, 5.41) is 0. The predicted molar refractivity (Wildman–Crippen MR) is 50.9 cm³/mol. The monoisotopic (exact) mass is 171 g/mol. The molecule has 0 aliphatic carbocycles. The average molecular weight is 171 g/mol. The van der Waals surface area contributed by atoms with Gasteiger partial charge in [0.05, 0.1) is 12.3 Å². The summed E-state index contributed by atoms with van der Waals surface area (Å²) in [5.74, 6) is 0. The van der Waals surface area contributed by atoms with E-state index in [0.717, 1.165) is 16.9 Å². The molecule has 2 aromatic heterocycles. The van der Waals surface area contributed by atoms with E-state index >= 15 is 0 Å². The molecule has 64 valence electrons. The summed E-state index contributed by atoms with van der Waals surface area (Å²) in [4.78, 5) is 7.74. The molecule has 0 atom stereocenters. The molecule has 0 amide bonds. The first-order chi connectivity index (χ1) is 6.20. The minimum absolute atomic E-state index is 0.655. The van der Waals surface area contributed by atoms with E-state index in [1.165, 1.54) is 0 Å². The van der Waals surface area contributed by atoms with Gasteiger partial charge in [0.25, 0.3) is 0 Å². The molecule has 0 unspecified atom stereocenters. The smallest absolute Gasteiger partial charge is 0.203 e. The Bertz CT molecular complexity index is 503. The average Bonchev–Trinajstić information content (AvgIpc) is 2.46. The highest BCUT2D eigenvalue weighted by Gasteiger charge is 2.02. The first kappa shape index (κ1) is 7.81. The van der Waals surface area contributed by atoms with Gasteiger partial charge in [-0.15, -0.1) is 0 Å². The number of fused-ring (bicyclic) bond motifs is 1. The highest BCUT2D eigenvalue weighted by atomic mass is 15.0. The van der Waals surface area contributed by atoms with Crippen molar-refractivity contribution in [1.29, 1.82) is 0 Å². The van der Waals surface area contributed by atoms with Crippen LogP contribution in [0.5, 0.6) is 0 Å². The van der Waals surface area contributed by atoms with Crippen molar-refractivity contribution in [2.24, 2.45) is 0 Å². The molecule has 0 aromatic carbocycles. The van der Waals surface area contributed by atoms with E-state index in [4.69, 9.17) is 6.57 Å². The second-order valence-electron chi connectivity index (χ2n) is 3.11. The largest absolute Gasteiger partial charge is 0.317 e. The van der Waals surface area contributed by atoms with Crippen LogP contribution >= 0.6 is 0 Å². The Balaban J connectivity index is 2.85. The van der Waals surface area contributed by atoms with Crippen molar-refractivity contribution in [3.63, 3.8) is 0 Å². The highest BCUT2D eigenvalue weighted by molar-refractivity contribution is 5.57. The summed E-state index contributed by atoms with van der Waals surface area (Å²) < 4.78 is 1.90. The van der Waals surface area contributed by atoms with Crippen molar-refractivity contribution in [2.75, 3.05) is 0 Å². The van der Waals surface area contributed by atoms with Crippen LogP contribution < -0.4 is 0 Å². The van der Waals surface area contributed by atoms with Gasteiger partial charge in [0, 0.05) is 12.4 Å². The van der Waals surface area contributed by atoms with Gasteiger partial charge >= 0.3 is 0 Å². The minimum atomic E-state index is 0.655. The molecule has 2 rings (SSSR count). The fraction of sp³-hybridized carbons (Fsp3) is 0.200. The van der Waals surface area contributed by atoms with Crippen LogP contribution in [0, 0.1) is 20.4 Å². The third-order valence-corrected chi connectivity index (χ3v) is 1.97. The molecular weight excluding hydrogens is 162 g/mol. The highest BCUT2D eigenvalue weighted by Crippen LogP contribution is 2.18. The van der Waals surface area contributed by atoms with Gasteiger partial charge in [-0.3, -0.25) is 0 Å². The van der Waals surface area contributed by atoms with Gasteiger partial charge < -0.3 is 4.40 Å². The van der Waals surface area contributed by atoms with Gasteiger partial charge in [-0.25, -0.2) is 9.83 Å². The summed E-state index contributed by atoms with van der Waals surface area (Å²) in [5.41, 5.74) is 3.61. The standard InChI is InChI=1S/C10H9N3/c1-7-4-9(11-3)6-13-5-8(2)12-10(7)13/h4-6H,1-2H3. The zero-order valence-corrected chi connectivity index (χ0v) is 7.57. The molecule has 0 aliphatic heterocycles. The summed E-state index contributed by atoms with van der Waals surface area (Å²) in [6.45, 7) is 10.8. The lowest BCUT2D eigenvalue weighted by Crippen LogP contribution is -1.85. The molecule has 2 heterocycles. The molecule has 0 N–H and O–H groups in total. The number of imidazole rings is 1. The zero-order valence-electron chi connectivity index (χ0n) is 7.57. The zero-order chi connectivity index (χ0) is 9.42. The quantitative estimate of drug-likeness (QED) is 0.558. The maximum absolute atomic E-state index is 6.91. The van der Waals surface area contributed by atoms with Crippen LogP contribution in [0.4, 0.5) is 5.69 Å². The molecule has 0 fully saturated rings. The van der Waals surface area contributed by atoms with Crippen LogP contribution in [-0.2, 0) is 0 Å². The van der Waals surface area contributed by atoms with Crippen LogP contribution in [0.25, 0.3) is 10.5 Å². The Labute approximate surface area is 76.5 Å². The van der Waals surface area contributed by atoms with Gasteiger partial charge in [-0.2, -0.15) is 0 Å². The van der Waals surface area contributed by atoms with E-state index in [1.54, 1.807) is 6.20 Å². The summed E-state index contributed by atoms with van der Waals surface area (Å²) in [7, 11) is 0. The van der Waals surface area contributed by atoms with Crippen molar-refractivity contribution < 1.29 is 0 Å². The Kier molecular flexibility index (Phi) is 1.56. The fourth-order valence-electron chi connectivity index (χ4n) is 1.43. The maximum atomic E-state index is 6.91. The Hall–Kier alpha value is -1.82. The van der Waals surface area contributed by atoms with Crippen molar-refractivity contribution in [2.45, 2.75) is 13.8 Å². The molecule has 3 nitrogen and oxygen atoms in total. The van der Waals surface area contributed by atoms with Gasteiger partial charge in [-0.05, 0) is 25.5 Å². The van der Waals surface area contributed by atoms with Crippen LogP contribution in [0.15, 0.2) is 18.5 Å². The Morgan fingerprint density at radius 2 is 2.15 bits per heavy atom. The summed E-state index contributed by atoms with van der Waals surface area (Å²) in [6.07, 6.45) is 3.73. The number of hydrogen-bond donors (Lipinski definition) is 0. The Morgan fingerprint density at radius 1 is 1.38 bits per heavy atom. The molecule has 2 aromatic rings. The number of aryl methyl sites for hydroxylation is 2. The first-order valence-electron chi connectivity index (χ1n) is 4.04. The van der Waals surface area contributed by atoms with E-state index in [2.05, 4.69) is 9.83 Å². The molecule has 0 aliphatic rings. The van der Waals surface area contributed by atoms with E-state index < -0.39 is 0 Å². The third-order valence-electron chi connectivity index (χ3n) is 1.97. The number of aromatic nitrogens is 2. The maximum Gasteiger partial charge on any atom is 0.203 e. The normalized spacial score (nSPS) is 10.2. The van der Waals surface area contributed by atoms with E-state index in [9.17, 15) is 0 Å². The van der Waals surface area contributed by atoms with Crippen molar-refractivity contribution in [3.05, 3.63) is 41.1 Å². The molecule has 0 radical (unpaired) electrons. The minimum Gasteiger partial charge on any atom is -0.317 e. The van der Waals surface area contributed by atoms with Crippen molar-refractivity contribution in [3.8, 4) is 0 Å². The lowest BCUT2D eigenvalue weighted by Gasteiger charge is -1.97. The van der Waals surface area contributed by atoms with E-state index in [1.807, 2.05) is 30.5 Å². The number of pyridine rings is 1. The van der Waals surface area contributed by atoms with E-state index in [-0.39, 0.29) is 0 Å². The van der Waals surface area contributed by atoms with Crippen molar-refractivity contribution >= 4 is 11.3 Å². The van der Waals surface area contributed by atoms with Gasteiger partial charge in [0.2, 0.25) is 5.69 Å². The topological polar surface area (TPSA) is 21.7 Å². The molecule has 0 bridgehead atoms. The fourth-order valence-corrected chi connectivity index (χ4v) is 1.43. The molecule has 0 saturated heterocycles. The van der Waals surface area contributed by atoms with Crippen LogP contribution in [0.1, 0.15) is 11.3 Å². The summed E-state index contributed by atoms with van der Waals surface area (Å²) >= 11 is 0.